The van der Waals surface area contributed by atoms with Crippen LogP contribution in [0.1, 0.15) is 20.9 Å². The van der Waals surface area contributed by atoms with Crippen LogP contribution in [0.25, 0.3) is 5.69 Å². The molecule has 0 aliphatic carbocycles. The molecule has 0 atom stereocenters. The molecule has 29 heavy (non-hydrogen) atoms. The highest BCUT2D eigenvalue weighted by Crippen LogP contribution is 2.25. The molecule has 1 N–H and O–H groups in total. The van der Waals surface area contributed by atoms with Crippen LogP contribution in [0.2, 0.25) is 0 Å². The van der Waals surface area contributed by atoms with Gasteiger partial charge in [0.2, 0.25) is 0 Å². The summed E-state index contributed by atoms with van der Waals surface area (Å²) in [5.41, 5.74) is 2.22. The number of carbonyl (C=O) groups excluding carboxylic acids is 1. The Bertz CT molecular complexity index is 1120. The summed E-state index contributed by atoms with van der Waals surface area (Å²) < 4.78 is 15.0. The van der Waals surface area contributed by atoms with Gasteiger partial charge < -0.3 is 0 Å². The van der Waals surface area contributed by atoms with Crippen molar-refractivity contribution >= 4 is 34.1 Å². The fourth-order valence-electron chi connectivity index (χ4n) is 2.88. The van der Waals surface area contributed by atoms with Gasteiger partial charge in [-0.25, -0.2) is 14.4 Å². The molecule has 2 aromatic heterocycles. The van der Waals surface area contributed by atoms with Crippen LogP contribution in [0.4, 0.5) is 9.52 Å². The lowest BCUT2D eigenvalue weighted by molar-refractivity contribution is 0.102. The Kier molecular flexibility index (Phi) is 5.73. The van der Waals surface area contributed by atoms with E-state index in [1.54, 1.807) is 22.9 Å². The molecule has 8 heteroatoms. The number of nitrogens with zero attached hydrogens (tertiary/aromatic N) is 3. The summed E-state index contributed by atoms with van der Waals surface area (Å²) in [5, 5.41) is 4.02. The van der Waals surface area contributed by atoms with Crippen molar-refractivity contribution in [3.63, 3.8) is 0 Å². The molecule has 4 rings (SSSR count). The van der Waals surface area contributed by atoms with E-state index < -0.39 is 0 Å². The van der Waals surface area contributed by atoms with Gasteiger partial charge in [-0.3, -0.25) is 14.7 Å². The minimum Gasteiger partial charge on any atom is -0.296 e. The molecule has 5 nitrogen and oxygen atoms in total. The molecule has 0 bridgehead atoms. The molecule has 1 amide bonds. The van der Waals surface area contributed by atoms with Crippen molar-refractivity contribution < 1.29 is 9.18 Å². The molecule has 4 aromatic rings. The lowest BCUT2D eigenvalue weighted by atomic mass is 10.1. The molecule has 0 radical (unpaired) electrons. The Morgan fingerprint density at radius 1 is 1.10 bits per heavy atom. The number of thioether (sulfide) groups is 1. The van der Waals surface area contributed by atoms with Crippen LogP contribution in [0.5, 0.6) is 0 Å². The minimum atomic E-state index is -0.334. The Morgan fingerprint density at radius 2 is 1.86 bits per heavy atom. The second-order valence-corrected chi connectivity index (χ2v) is 8.08. The molecular weight excluding hydrogens is 407 g/mol. The van der Waals surface area contributed by atoms with E-state index in [2.05, 4.69) is 27.4 Å². The zero-order chi connectivity index (χ0) is 20.2. The van der Waals surface area contributed by atoms with E-state index in [0.29, 0.717) is 21.7 Å². The van der Waals surface area contributed by atoms with Gasteiger partial charge in [0.25, 0.3) is 5.91 Å². The van der Waals surface area contributed by atoms with E-state index in [1.165, 1.54) is 47.0 Å². The van der Waals surface area contributed by atoms with Crippen LogP contribution in [0.15, 0.2) is 72.1 Å². The van der Waals surface area contributed by atoms with Crippen LogP contribution in [0, 0.1) is 5.82 Å². The van der Waals surface area contributed by atoms with Gasteiger partial charge in [-0.2, -0.15) is 0 Å². The third-order valence-corrected chi connectivity index (χ3v) is 5.79. The third-order valence-electron chi connectivity index (χ3n) is 4.22. The maximum atomic E-state index is 13.3. The van der Waals surface area contributed by atoms with Gasteiger partial charge in [-0.05, 0) is 36.1 Å². The van der Waals surface area contributed by atoms with Gasteiger partial charge in [0.05, 0.1) is 6.20 Å². The maximum absolute atomic E-state index is 13.3. The number of rotatable bonds is 6. The van der Waals surface area contributed by atoms with E-state index in [1.807, 2.05) is 24.5 Å². The van der Waals surface area contributed by atoms with Crippen molar-refractivity contribution in [2.45, 2.75) is 11.6 Å². The fraction of sp³-hybridized carbons (Fsp3) is 0.0952. The Hall–Kier alpha value is -2.97. The first-order valence-corrected chi connectivity index (χ1v) is 10.9. The molecule has 0 fully saturated rings. The predicted octanol–water partition coefficient (Wildman–Crippen LogP) is 5.03. The summed E-state index contributed by atoms with van der Waals surface area (Å²) in [4.78, 5) is 22.6. The summed E-state index contributed by atoms with van der Waals surface area (Å²) in [6.07, 6.45) is 5.93. The smallest absolute Gasteiger partial charge is 0.276 e. The zero-order valence-corrected chi connectivity index (χ0v) is 17.1. The number of amides is 1. The number of halogens is 1. The lowest BCUT2D eigenvalue weighted by Crippen LogP contribution is -2.16. The van der Waals surface area contributed by atoms with Crippen LogP contribution in [-0.4, -0.2) is 26.7 Å². The van der Waals surface area contributed by atoms with Crippen molar-refractivity contribution in [3.05, 3.63) is 88.9 Å². The Morgan fingerprint density at radius 3 is 2.59 bits per heavy atom. The topological polar surface area (TPSA) is 59.8 Å². The van der Waals surface area contributed by atoms with Crippen molar-refractivity contribution in [2.24, 2.45) is 0 Å². The van der Waals surface area contributed by atoms with Crippen LogP contribution >= 0.6 is 23.1 Å². The summed E-state index contributed by atoms with van der Waals surface area (Å²) in [7, 11) is 0. The molecule has 0 saturated heterocycles. The van der Waals surface area contributed by atoms with E-state index in [9.17, 15) is 9.18 Å². The highest BCUT2D eigenvalue weighted by atomic mass is 32.2. The van der Waals surface area contributed by atoms with Crippen molar-refractivity contribution in [3.8, 4) is 5.69 Å². The molecule has 146 valence electrons. The lowest BCUT2D eigenvalue weighted by Gasteiger charge is -2.10. The summed E-state index contributed by atoms with van der Waals surface area (Å²) in [6, 6.07) is 16.1. The van der Waals surface area contributed by atoms with Crippen LogP contribution in [-0.2, 0) is 6.42 Å². The molecule has 0 spiro atoms. The molecule has 0 aliphatic rings. The second kappa shape index (κ2) is 8.59. The first-order valence-electron chi connectivity index (χ1n) is 8.81. The Labute approximate surface area is 175 Å². The second-order valence-electron chi connectivity index (χ2n) is 6.19. The van der Waals surface area contributed by atoms with Crippen LogP contribution < -0.4 is 5.32 Å². The number of nitrogens with one attached hydrogen (secondary N) is 1. The maximum Gasteiger partial charge on any atom is 0.276 e. The largest absolute Gasteiger partial charge is 0.296 e. The summed E-state index contributed by atoms with van der Waals surface area (Å²) in [6.45, 7) is 0. The number of anilines is 1. The average Bonchev–Trinajstić information content (AvgIpc) is 3.36. The fourth-order valence-corrected chi connectivity index (χ4v) is 4.27. The summed E-state index contributed by atoms with van der Waals surface area (Å²) in [5.74, 6) is -0.651. The van der Waals surface area contributed by atoms with Crippen molar-refractivity contribution in [1.29, 1.82) is 0 Å². The van der Waals surface area contributed by atoms with Gasteiger partial charge >= 0.3 is 0 Å². The van der Waals surface area contributed by atoms with Crippen LogP contribution in [0.3, 0.4) is 0 Å². The van der Waals surface area contributed by atoms with Gasteiger partial charge in [0.15, 0.2) is 10.3 Å². The van der Waals surface area contributed by atoms with Gasteiger partial charge in [-0.1, -0.05) is 42.1 Å². The van der Waals surface area contributed by atoms with E-state index >= 15 is 0 Å². The number of thiazole rings is 1. The molecule has 2 aromatic carbocycles. The monoisotopic (exact) mass is 424 g/mol. The third kappa shape index (κ3) is 4.38. The average molecular weight is 425 g/mol. The highest BCUT2D eigenvalue weighted by molar-refractivity contribution is 7.98. The molecule has 0 aliphatic heterocycles. The van der Waals surface area contributed by atoms with Crippen molar-refractivity contribution in [2.75, 3.05) is 11.6 Å². The SMILES string of the molecule is CSc1ncc(C(=O)Nc2ncc(Cc3ccccc3)s2)n1-c1ccc(F)cc1. The van der Waals surface area contributed by atoms with E-state index in [4.69, 9.17) is 0 Å². The van der Waals surface area contributed by atoms with Gasteiger partial charge in [0.1, 0.15) is 11.5 Å². The normalized spacial score (nSPS) is 10.8. The molecular formula is C21H17FN4OS2. The minimum absolute atomic E-state index is 0.317. The first-order chi connectivity index (χ1) is 14.1. The number of benzene rings is 2. The number of carbonyl (C=O) groups is 1. The van der Waals surface area contributed by atoms with Crippen molar-refractivity contribution in [1.82, 2.24) is 14.5 Å². The molecule has 2 heterocycles. The quantitative estimate of drug-likeness (QED) is 0.441. The van der Waals surface area contributed by atoms with E-state index in [-0.39, 0.29) is 11.7 Å². The first kappa shape index (κ1) is 19.4. The van der Waals surface area contributed by atoms with Gasteiger partial charge in [0, 0.05) is 23.2 Å². The van der Waals surface area contributed by atoms with E-state index in [0.717, 1.165) is 11.3 Å². The summed E-state index contributed by atoms with van der Waals surface area (Å²) >= 11 is 2.85. The number of imidazole rings is 1. The number of hydrogen-bond donors (Lipinski definition) is 1. The zero-order valence-electron chi connectivity index (χ0n) is 15.5. The predicted molar refractivity (Wildman–Crippen MR) is 115 cm³/mol. The Balaban J connectivity index is 1.55. The number of aromatic nitrogens is 3. The molecule has 0 saturated carbocycles. The standard InChI is InChI=1S/C21H17FN4OS2/c1-28-21-24-13-18(26(21)16-9-7-15(22)8-10-16)19(27)25-20-23-12-17(29-20)11-14-5-3-2-4-6-14/h2-10,12-13H,11H2,1H3,(H,23,25,27). The molecule has 0 unspecified atom stereocenters. The number of hydrogen-bond acceptors (Lipinski definition) is 5. The van der Waals surface area contributed by atoms with Gasteiger partial charge in [-0.15, -0.1) is 11.3 Å². The highest BCUT2D eigenvalue weighted by Gasteiger charge is 2.19.